The second-order valence-corrected chi connectivity index (χ2v) is 9.54. The van der Waals surface area contributed by atoms with Crippen LogP contribution < -0.4 is 10.6 Å². The molecule has 0 radical (unpaired) electrons. The normalized spacial score (nSPS) is 25.0. The van der Waals surface area contributed by atoms with Crippen molar-refractivity contribution in [2.45, 2.75) is 43.7 Å². The number of amides is 2. The van der Waals surface area contributed by atoms with Crippen LogP contribution in [0.4, 0.5) is 4.79 Å². The molecule has 0 spiro atoms. The van der Waals surface area contributed by atoms with Gasteiger partial charge in [0, 0.05) is 31.0 Å². The number of hydrogen-bond acceptors (Lipinski definition) is 5. The summed E-state index contributed by atoms with van der Waals surface area (Å²) in [5, 5.41) is 15.0. The van der Waals surface area contributed by atoms with Gasteiger partial charge in [0.25, 0.3) is 0 Å². The fourth-order valence-electron chi connectivity index (χ4n) is 5.72. The number of rotatable bonds is 7. The van der Waals surface area contributed by atoms with Crippen LogP contribution >= 0.6 is 0 Å². The molecule has 35 heavy (non-hydrogen) atoms. The lowest BCUT2D eigenvalue weighted by atomic mass is 9.98. The number of aliphatic carboxylic acids is 1. The third kappa shape index (κ3) is 4.75. The number of carboxylic acids is 1. The standard InChI is InChI=1S/C27H30N2O6/c30-25(28-14-16-12-13-34-24(16)26(31)32)21-10-5-11-23(21)29-27(33)35-15-22-19-8-3-1-6-17(19)18-7-2-4-9-20(18)22/h1-4,6-9,16,21-24H,5,10-15H2,(H,28,30)(H,29,33)(H,31,32)/t16-,21-,23+,24-/m0/s1. The van der Waals surface area contributed by atoms with E-state index in [1.54, 1.807) is 0 Å². The van der Waals surface area contributed by atoms with Crippen LogP contribution in [0.3, 0.4) is 0 Å². The van der Waals surface area contributed by atoms with Crippen LogP contribution in [0.1, 0.15) is 42.7 Å². The average molecular weight is 479 g/mol. The lowest BCUT2D eigenvalue weighted by Crippen LogP contribution is -2.46. The molecule has 1 saturated heterocycles. The highest BCUT2D eigenvalue weighted by Gasteiger charge is 2.38. The number of ether oxygens (including phenoxy) is 2. The molecule has 1 heterocycles. The Bertz CT molecular complexity index is 1070. The van der Waals surface area contributed by atoms with Crippen molar-refractivity contribution in [3.05, 3.63) is 59.7 Å². The summed E-state index contributed by atoms with van der Waals surface area (Å²) < 4.78 is 10.9. The molecule has 2 aromatic carbocycles. The summed E-state index contributed by atoms with van der Waals surface area (Å²) in [6, 6.07) is 16.0. The largest absolute Gasteiger partial charge is 0.479 e. The molecule has 1 aliphatic heterocycles. The van der Waals surface area contributed by atoms with Gasteiger partial charge in [0.2, 0.25) is 5.91 Å². The van der Waals surface area contributed by atoms with Crippen LogP contribution in [0.5, 0.6) is 0 Å². The molecular formula is C27H30N2O6. The first-order valence-corrected chi connectivity index (χ1v) is 12.3. The van der Waals surface area contributed by atoms with Gasteiger partial charge >= 0.3 is 12.1 Å². The summed E-state index contributed by atoms with van der Waals surface area (Å²) in [4.78, 5) is 36.8. The van der Waals surface area contributed by atoms with Gasteiger partial charge in [-0.3, -0.25) is 4.79 Å². The molecular weight excluding hydrogens is 448 g/mol. The van der Waals surface area contributed by atoms with Crippen LogP contribution in [0.2, 0.25) is 0 Å². The van der Waals surface area contributed by atoms with Crippen molar-refractivity contribution in [3.63, 3.8) is 0 Å². The highest BCUT2D eigenvalue weighted by molar-refractivity contribution is 5.81. The first kappa shape index (κ1) is 23.4. The Hall–Kier alpha value is -3.39. The van der Waals surface area contributed by atoms with E-state index in [0.29, 0.717) is 25.9 Å². The number of nitrogens with one attached hydrogen (secondary N) is 2. The zero-order valence-electron chi connectivity index (χ0n) is 19.4. The number of fused-ring (bicyclic) bond motifs is 3. The SMILES string of the molecule is O=C(N[C@@H]1CCC[C@@H]1C(=O)NC[C@@H]1CCO[C@@H]1C(=O)O)OCC1c2ccccc2-c2ccccc21. The van der Waals surface area contributed by atoms with Crippen molar-refractivity contribution in [2.24, 2.45) is 11.8 Å². The van der Waals surface area contributed by atoms with Crippen molar-refractivity contribution >= 4 is 18.0 Å². The van der Waals surface area contributed by atoms with Gasteiger partial charge in [-0.2, -0.15) is 0 Å². The van der Waals surface area contributed by atoms with Crippen LogP contribution in [0, 0.1) is 11.8 Å². The van der Waals surface area contributed by atoms with Crippen molar-refractivity contribution in [2.75, 3.05) is 19.8 Å². The van der Waals surface area contributed by atoms with Crippen LogP contribution in [0.25, 0.3) is 11.1 Å². The van der Waals surface area contributed by atoms with Gasteiger partial charge in [-0.25, -0.2) is 9.59 Å². The zero-order chi connectivity index (χ0) is 24.4. The quantitative estimate of drug-likeness (QED) is 0.563. The minimum Gasteiger partial charge on any atom is -0.479 e. The smallest absolute Gasteiger partial charge is 0.407 e. The van der Waals surface area contributed by atoms with E-state index in [4.69, 9.17) is 9.47 Å². The number of hydrogen-bond donors (Lipinski definition) is 3. The molecule has 2 aliphatic carbocycles. The van der Waals surface area contributed by atoms with Gasteiger partial charge in [0.05, 0.1) is 5.92 Å². The lowest BCUT2D eigenvalue weighted by molar-refractivity contribution is -0.149. The van der Waals surface area contributed by atoms with Gasteiger partial charge in [-0.05, 0) is 41.5 Å². The number of alkyl carbamates (subject to hydrolysis) is 1. The molecule has 4 atom stereocenters. The van der Waals surface area contributed by atoms with E-state index in [0.717, 1.165) is 17.5 Å². The molecule has 0 aromatic heterocycles. The number of carbonyl (C=O) groups is 3. The summed E-state index contributed by atoms with van der Waals surface area (Å²) in [5.41, 5.74) is 4.63. The lowest BCUT2D eigenvalue weighted by Gasteiger charge is -2.22. The number of carboxylic acid groups (broad SMARTS) is 1. The van der Waals surface area contributed by atoms with Crippen LogP contribution in [-0.4, -0.2) is 55.0 Å². The summed E-state index contributed by atoms with van der Waals surface area (Å²) in [6.07, 6.45) is 1.40. The fourth-order valence-corrected chi connectivity index (χ4v) is 5.72. The minimum atomic E-state index is -1.00. The molecule has 8 nitrogen and oxygen atoms in total. The Morgan fingerprint density at radius 1 is 0.971 bits per heavy atom. The van der Waals surface area contributed by atoms with Crippen molar-refractivity contribution < 1.29 is 29.0 Å². The monoisotopic (exact) mass is 478 g/mol. The van der Waals surface area contributed by atoms with Crippen molar-refractivity contribution in [1.82, 2.24) is 10.6 Å². The van der Waals surface area contributed by atoms with E-state index < -0.39 is 18.2 Å². The first-order valence-electron chi connectivity index (χ1n) is 12.3. The maximum Gasteiger partial charge on any atom is 0.407 e. The molecule has 0 bridgehead atoms. The fraction of sp³-hybridized carbons (Fsp3) is 0.444. The highest BCUT2D eigenvalue weighted by atomic mass is 16.5. The Labute approximate surface area is 204 Å². The molecule has 3 aliphatic rings. The maximum absolute atomic E-state index is 12.8. The Balaban J connectivity index is 1.15. The van der Waals surface area contributed by atoms with Gasteiger partial charge < -0.3 is 25.2 Å². The second-order valence-electron chi connectivity index (χ2n) is 9.54. The predicted octanol–water partition coefficient (Wildman–Crippen LogP) is 3.30. The zero-order valence-corrected chi connectivity index (χ0v) is 19.4. The number of carbonyl (C=O) groups excluding carboxylic acids is 2. The summed E-state index contributed by atoms with van der Waals surface area (Å²) >= 11 is 0. The van der Waals surface area contributed by atoms with E-state index in [2.05, 4.69) is 34.9 Å². The Morgan fingerprint density at radius 2 is 1.66 bits per heavy atom. The molecule has 2 aromatic rings. The van der Waals surface area contributed by atoms with Crippen LogP contribution in [-0.2, 0) is 19.1 Å². The highest BCUT2D eigenvalue weighted by Crippen LogP contribution is 2.44. The molecule has 184 valence electrons. The Morgan fingerprint density at radius 3 is 2.34 bits per heavy atom. The first-order chi connectivity index (χ1) is 17.0. The van der Waals surface area contributed by atoms with Crippen LogP contribution in [0.15, 0.2) is 48.5 Å². The maximum atomic E-state index is 12.8. The third-order valence-electron chi connectivity index (χ3n) is 7.50. The summed E-state index contributed by atoms with van der Waals surface area (Å²) in [7, 11) is 0. The van der Waals surface area contributed by atoms with Gasteiger partial charge in [0.1, 0.15) is 6.61 Å². The van der Waals surface area contributed by atoms with Crippen molar-refractivity contribution in [3.8, 4) is 11.1 Å². The van der Waals surface area contributed by atoms with E-state index >= 15 is 0 Å². The second kappa shape index (κ2) is 10.1. The van der Waals surface area contributed by atoms with Gasteiger partial charge in [-0.15, -0.1) is 0 Å². The van der Waals surface area contributed by atoms with E-state index in [-0.39, 0.29) is 42.9 Å². The van der Waals surface area contributed by atoms with Gasteiger partial charge in [-0.1, -0.05) is 55.0 Å². The van der Waals surface area contributed by atoms with Gasteiger partial charge in [0.15, 0.2) is 6.10 Å². The summed E-state index contributed by atoms with van der Waals surface area (Å²) in [5.74, 6) is -1.79. The van der Waals surface area contributed by atoms with E-state index in [9.17, 15) is 19.5 Å². The summed E-state index contributed by atoms with van der Waals surface area (Å²) in [6.45, 7) is 0.860. The predicted molar refractivity (Wildman–Crippen MR) is 128 cm³/mol. The molecule has 0 unspecified atom stereocenters. The van der Waals surface area contributed by atoms with E-state index in [1.165, 1.54) is 11.1 Å². The molecule has 2 fully saturated rings. The molecule has 2 amide bonds. The van der Waals surface area contributed by atoms with Crippen molar-refractivity contribution in [1.29, 1.82) is 0 Å². The molecule has 5 rings (SSSR count). The average Bonchev–Trinajstić information content (AvgIpc) is 3.59. The number of benzene rings is 2. The molecule has 3 N–H and O–H groups in total. The topological polar surface area (TPSA) is 114 Å². The molecule has 1 saturated carbocycles. The minimum absolute atomic E-state index is 0.0216. The van der Waals surface area contributed by atoms with E-state index in [1.807, 2.05) is 24.3 Å². The molecule has 8 heteroatoms. The Kier molecular flexibility index (Phi) is 6.72. The third-order valence-corrected chi connectivity index (χ3v) is 7.50.